The lowest BCUT2D eigenvalue weighted by Gasteiger charge is -2.09. The van der Waals surface area contributed by atoms with Crippen LogP contribution in [0.4, 0.5) is 5.69 Å². The molecule has 0 aliphatic carbocycles. The van der Waals surface area contributed by atoms with Gasteiger partial charge in [-0.25, -0.2) is 4.98 Å². The minimum Gasteiger partial charge on any atom is -0.507 e. The van der Waals surface area contributed by atoms with Gasteiger partial charge in [-0.3, -0.25) is 4.79 Å². The molecule has 0 saturated heterocycles. The van der Waals surface area contributed by atoms with E-state index in [0.29, 0.717) is 16.8 Å². The fraction of sp³-hybridized carbons (Fsp3) is 0.0370. The van der Waals surface area contributed by atoms with Gasteiger partial charge >= 0.3 is 0 Å². The second kappa shape index (κ2) is 8.65. The number of carbonyl (C=O) groups is 1. The summed E-state index contributed by atoms with van der Waals surface area (Å²) in [5, 5.41) is 14.1. The number of aromatic hydroxyl groups is 1. The summed E-state index contributed by atoms with van der Waals surface area (Å²) >= 11 is 1.52. The van der Waals surface area contributed by atoms with Gasteiger partial charge in [0.25, 0.3) is 5.91 Å². The van der Waals surface area contributed by atoms with Gasteiger partial charge in [0.1, 0.15) is 10.8 Å². The van der Waals surface area contributed by atoms with E-state index in [1.165, 1.54) is 16.9 Å². The zero-order valence-electron chi connectivity index (χ0n) is 17.2. The molecule has 0 bridgehead atoms. The van der Waals surface area contributed by atoms with Crippen LogP contribution in [-0.2, 0) is 6.42 Å². The van der Waals surface area contributed by atoms with Gasteiger partial charge in [-0.05, 0) is 53.9 Å². The number of amides is 1. The first-order valence-corrected chi connectivity index (χ1v) is 11.1. The number of carbonyl (C=O) groups excluding carboxylic acids is 1. The Morgan fingerprint density at radius 1 is 0.844 bits per heavy atom. The topological polar surface area (TPSA) is 62.2 Å². The number of hydrogen-bond donors (Lipinski definition) is 2. The standard InChI is InChI=1S/C27H20N2O2S/c30-24-17-21(14-15-22(24)27-29-23-8-4-5-9-25(23)32-27)28-26(31)20-12-10-19(11-13-20)16-18-6-2-1-3-7-18/h1-15,17,30H,16H2,(H,28,31). The van der Waals surface area contributed by atoms with E-state index in [2.05, 4.69) is 22.4 Å². The molecule has 0 fully saturated rings. The summed E-state index contributed by atoms with van der Waals surface area (Å²) in [7, 11) is 0. The van der Waals surface area contributed by atoms with Crippen molar-refractivity contribution >= 4 is 33.1 Å². The molecule has 5 aromatic rings. The normalized spacial score (nSPS) is 10.9. The van der Waals surface area contributed by atoms with E-state index < -0.39 is 0 Å². The third-order valence-corrected chi connectivity index (χ3v) is 6.32. The Bertz CT molecular complexity index is 1360. The van der Waals surface area contributed by atoms with Crippen molar-refractivity contribution in [2.75, 3.05) is 5.32 Å². The third-order valence-electron chi connectivity index (χ3n) is 5.25. The minimum atomic E-state index is -0.219. The highest BCUT2D eigenvalue weighted by Gasteiger charge is 2.13. The molecule has 0 spiro atoms. The first-order chi connectivity index (χ1) is 15.7. The molecular formula is C27H20N2O2S. The smallest absolute Gasteiger partial charge is 0.255 e. The second-order valence-corrected chi connectivity index (χ2v) is 8.56. The first kappa shape index (κ1) is 20.0. The Balaban J connectivity index is 1.29. The van der Waals surface area contributed by atoms with Crippen molar-refractivity contribution in [3.8, 4) is 16.3 Å². The Hall–Kier alpha value is -3.96. The highest BCUT2D eigenvalue weighted by molar-refractivity contribution is 7.21. The van der Waals surface area contributed by atoms with Crippen LogP contribution in [0, 0.1) is 0 Å². The molecule has 1 heterocycles. The molecule has 5 heteroatoms. The van der Waals surface area contributed by atoms with Gasteiger partial charge in [0.05, 0.1) is 15.8 Å². The van der Waals surface area contributed by atoms with Crippen molar-refractivity contribution in [2.45, 2.75) is 6.42 Å². The fourth-order valence-electron chi connectivity index (χ4n) is 3.59. The first-order valence-electron chi connectivity index (χ1n) is 10.3. The van der Waals surface area contributed by atoms with Crippen LogP contribution in [-0.4, -0.2) is 16.0 Å². The number of phenols is 1. The fourth-order valence-corrected chi connectivity index (χ4v) is 4.59. The number of thiazole rings is 1. The molecule has 4 nitrogen and oxygen atoms in total. The van der Waals surface area contributed by atoms with E-state index in [1.807, 2.05) is 66.7 Å². The number of nitrogens with one attached hydrogen (secondary N) is 1. The predicted molar refractivity (Wildman–Crippen MR) is 130 cm³/mol. The maximum absolute atomic E-state index is 12.7. The van der Waals surface area contributed by atoms with Gasteiger partial charge in [-0.1, -0.05) is 54.6 Å². The lowest BCUT2D eigenvalue weighted by molar-refractivity contribution is 0.102. The summed E-state index contributed by atoms with van der Waals surface area (Å²) in [6.07, 6.45) is 0.823. The largest absolute Gasteiger partial charge is 0.507 e. The van der Waals surface area contributed by atoms with Crippen LogP contribution in [0.15, 0.2) is 97.1 Å². The number of anilines is 1. The van der Waals surface area contributed by atoms with Crippen molar-refractivity contribution in [3.05, 3.63) is 114 Å². The molecule has 0 atom stereocenters. The van der Waals surface area contributed by atoms with Crippen LogP contribution in [0.2, 0.25) is 0 Å². The van der Waals surface area contributed by atoms with Crippen LogP contribution in [0.5, 0.6) is 5.75 Å². The van der Waals surface area contributed by atoms with Crippen LogP contribution in [0.3, 0.4) is 0 Å². The van der Waals surface area contributed by atoms with Crippen LogP contribution in [0.1, 0.15) is 21.5 Å². The van der Waals surface area contributed by atoms with E-state index in [4.69, 9.17) is 0 Å². The maximum atomic E-state index is 12.7. The van der Waals surface area contributed by atoms with E-state index in [-0.39, 0.29) is 11.7 Å². The Morgan fingerprint density at radius 2 is 1.56 bits per heavy atom. The number of nitrogens with zero attached hydrogens (tertiary/aromatic N) is 1. The zero-order valence-corrected chi connectivity index (χ0v) is 18.0. The Labute approximate surface area is 189 Å². The van der Waals surface area contributed by atoms with Gasteiger partial charge < -0.3 is 10.4 Å². The number of benzene rings is 4. The summed E-state index contributed by atoms with van der Waals surface area (Å²) in [6, 6.07) is 30.8. The van der Waals surface area contributed by atoms with Crippen molar-refractivity contribution in [1.29, 1.82) is 0 Å². The molecule has 0 aliphatic heterocycles. The molecule has 156 valence electrons. The van der Waals surface area contributed by atoms with Gasteiger partial charge in [0, 0.05) is 17.3 Å². The summed E-state index contributed by atoms with van der Waals surface area (Å²) in [4.78, 5) is 17.3. The van der Waals surface area contributed by atoms with E-state index >= 15 is 0 Å². The average Bonchev–Trinajstić information content (AvgIpc) is 3.24. The van der Waals surface area contributed by atoms with E-state index in [1.54, 1.807) is 18.2 Å². The molecule has 1 amide bonds. The molecular weight excluding hydrogens is 416 g/mol. The molecule has 0 radical (unpaired) electrons. The average molecular weight is 437 g/mol. The van der Waals surface area contributed by atoms with Crippen LogP contribution in [0.25, 0.3) is 20.8 Å². The monoisotopic (exact) mass is 436 g/mol. The molecule has 5 rings (SSSR count). The minimum absolute atomic E-state index is 0.0834. The second-order valence-electron chi connectivity index (χ2n) is 7.53. The van der Waals surface area contributed by atoms with Crippen LogP contribution >= 0.6 is 11.3 Å². The maximum Gasteiger partial charge on any atom is 0.255 e. The Morgan fingerprint density at radius 3 is 2.31 bits per heavy atom. The number of rotatable bonds is 5. The molecule has 0 saturated carbocycles. The van der Waals surface area contributed by atoms with E-state index in [9.17, 15) is 9.90 Å². The zero-order chi connectivity index (χ0) is 21.9. The number of phenolic OH excluding ortho intramolecular Hbond substituents is 1. The lowest BCUT2D eigenvalue weighted by atomic mass is 10.0. The molecule has 4 aromatic carbocycles. The summed E-state index contributed by atoms with van der Waals surface area (Å²) in [5.74, 6) is -0.136. The molecule has 0 aliphatic rings. The van der Waals surface area contributed by atoms with E-state index in [0.717, 1.165) is 27.2 Å². The Kier molecular flexibility index (Phi) is 5.40. The summed E-state index contributed by atoms with van der Waals surface area (Å²) < 4.78 is 1.06. The molecule has 0 unspecified atom stereocenters. The van der Waals surface area contributed by atoms with Crippen molar-refractivity contribution in [2.24, 2.45) is 0 Å². The number of hydrogen-bond acceptors (Lipinski definition) is 4. The highest BCUT2D eigenvalue weighted by Crippen LogP contribution is 2.36. The molecule has 32 heavy (non-hydrogen) atoms. The summed E-state index contributed by atoms with van der Waals surface area (Å²) in [5.41, 5.74) is 5.02. The van der Waals surface area contributed by atoms with Gasteiger partial charge in [-0.15, -0.1) is 11.3 Å². The predicted octanol–water partition coefficient (Wildman–Crippen LogP) is 6.51. The van der Waals surface area contributed by atoms with Crippen molar-refractivity contribution in [1.82, 2.24) is 4.98 Å². The molecule has 1 aromatic heterocycles. The number of aromatic nitrogens is 1. The van der Waals surface area contributed by atoms with Gasteiger partial charge in [-0.2, -0.15) is 0 Å². The molecule has 2 N–H and O–H groups in total. The highest BCUT2D eigenvalue weighted by atomic mass is 32.1. The SMILES string of the molecule is O=C(Nc1ccc(-c2nc3ccccc3s2)c(O)c1)c1ccc(Cc2ccccc2)cc1. The lowest BCUT2D eigenvalue weighted by Crippen LogP contribution is -2.11. The summed E-state index contributed by atoms with van der Waals surface area (Å²) in [6.45, 7) is 0. The van der Waals surface area contributed by atoms with Crippen molar-refractivity contribution < 1.29 is 9.90 Å². The quantitative estimate of drug-likeness (QED) is 0.330. The number of para-hydroxylation sites is 1. The van der Waals surface area contributed by atoms with Crippen LogP contribution < -0.4 is 5.32 Å². The van der Waals surface area contributed by atoms with Gasteiger partial charge in [0.2, 0.25) is 0 Å². The third kappa shape index (κ3) is 4.24. The number of fused-ring (bicyclic) bond motifs is 1. The van der Waals surface area contributed by atoms with Gasteiger partial charge in [0.15, 0.2) is 0 Å². The van der Waals surface area contributed by atoms with Crippen molar-refractivity contribution in [3.63, 3.8) is 0 Å².